The van der Waals surface area contributed by atoms with Crippen LogP contribution >= 0.6 is 0 Å². The van der Waals surface area contributed by atoms with Crippen molar-refractivity contribution in [1.82, 2.24) is 10.2 Å². The summed E-state index contributed by atoms with van der Waals surface area (Å²) in [7, 11) is 0.910. The van der Waals surface area contributed by atoms with Crippen molar-refractivity contribution in [3.63, 3.8) is 0 Å². The quantitative estimate of drug-likeness (QED) is 0.498. The Kier molecular flexibility index (Phi) is 6.37. The number of methoxy groups -OCH3 is 2. The zero-order chi connectivity index (χ0) is 11.0. The van der Waals surface area contributed by atoms with Crippen LogP contribution in [0.15, 0.2) is 12.1 Å². The Morgan fingerprint density at radius 3 is 1.43 bits per heavy atom. The van der Waals surface area contributed by atoms with Crippen molar-refractivity contribution >= 4 is 7.32 Å². The van der Waals surface area contributed by atoms with E-state index in [4.69, 9.17) is 24.5 Å². The summed E-state index contributed by atoms with van der Waals surface area (Å²) in [6.45, 7) is 0. The fourth-order valence-electron chi connectivity index (χ4n) is 0.526. The summed E-state index contributed by atoms with van der Waals surface area (Å²) in [5.41, 5.74) is 0. The molecule has 14 heavy (non-hydrogen) atoms. The standard InChI is InChI=1S/C6H8N2O2.BH3O3/c1-9-5-3-4-6(10-2)8-7-5;2-1(3)4/h3-4H,1-2H3;2-4H. The van der Waals surface area contributed by atoms with Crippen molar-refractivity contribution in [1.29, 1.82) is 0 Å². The highest BCUT2D eigenvalue weighted by Crippen LogP contribution is 2.07. The van der Waals surface area contributed by atoms with E-state index in [1.54, 1.807) is 12.1 Å². The molecule has 78 valence electrons. The molecular weight excluding hydrogens is 191 g/mol. The normalized spacial score (nSPS) is 8.36. The van der Waals surface area contributed by atoms with Gasteiger partial charge >= 0.3 is 7.32 Å². The van der Waals surface area contributed by atoms with Crippen LogP contribution in [0.4, 0.5) is 0 Å². The van der Waals surface area contributed by atoms with Gasteiger partial charge in [0.15, 0.2) is 0 Å². The number of rotatable bonds is 2. The lowest BCUT2D eigenvalue weighted by atomic mass is 10.3. The maximum atomic E-state index is 7.17. The molecule has 0 fully saturated rings. The lowest BCUT2D eigenvalue weighted by Crippen LogP contribution is -2.07. The van der Waals surface area contributed by atoms with Gasteiger partial charge in [-0.1, -0.05) is 0 Å². The third kappa shape index (κ3) is 6.18. The Labute approximate surface area is 81.1 Å². The molecule has 1 aromatic rings. The van der Waals surface area contributed by atoms with Gasteiger partial charge in [0.25, 0.3) is 0 Å². The van der Waals surface area contributed by atoms with Crippen LogP contribution in [-0.4, -0.2) is 46.8 Å². The Morgan fingerprint density at radius 2 is 1.29 bits per heavy atom. The smallest absolute Gasteiger partial charge is 0.480 e. The van der Waals surface area contributed by atoms with E-state index in [0.717, 1.165) is 0 Å². The van der Waals surface area contributed by atoms with Crippen LogP contribution in [0.5, 0.6) is 11.8 Å². The second kappa shape index (κ2) is 7.07. The van der Waals surface area contributed by atoms with Crippen LogP contribution in [0.2, 0.25) is 0 Å². The highest BCUT2D eigenvalue weighted by atomic mass is 16.5. The van der Waals surface area contributed by atoms with Crippen LogP contribution in [0, 0.1) is 0 Å². The van der Waals surface area contributed by atoms with Crippen molar-refractivity contribution in [2.24, 2.45) is 0 Å². The molecule has 1 rings (SSSR count). The SMILES string of the molecule is COc1ccc(OC)nn1.OB(O)O. The second-order valence-electron chi connectivity index (χ2n) is 1.96. The number of aromatic nitrogens is 2. The van der Waals surface area contributed by atoms with Crippen LogP contribution in [-0.2, 0) is 0 Å². The van der Waals surface area contributed by atoms with Crippen molar-refractivity contribution in [2.75, 3.05) is 14.2 Å². The average Bonchev–Trinajstić information content (AvgIpc) is 2.17. The first-order valence-corrected chi connectivity index (χ1v) is 3.56. The van der Waals surface area contributed by atoms with Gasteiger partial charge in [-0.25, -0.2) is 0 Å². The first kappa shape index (κ1) is 12.6. The molecule has 0 aliphatic heterocycles. The molecule has 1 aromatic heterocycles. The van der Waals surface area contributed by atoms with E-state index in [1.165, 1.54) is 14.2 Å². The number of nitrogens with zero attached hydrogens (tertiary/aromatic N) is 2. The summed E-state index contributed by atoms with van der Waals surface area (Å²) in [5.74, 6) is 0.974. The minimum Gasteiger partial charge on any atom is -0.480 e. The number of hydrogen-bond acceptors (Lipinski definition) is 7. The Bertz CT molecular complexity index is 217. The molecule has 0 spiro atoms. The van der Waals surface area contributed by atoms with Crippen molar-refractivity contribution in [2.45, 2.75) is 0 Å². The minimum atomic E-state index is -2.17. The van der Waals surface area contributed by atoms with Gasteiger partial charge in [0.2, 0.25) is 11.8 Å². The van der Waals surface area contributed by atoms with E-state index >= 15 is 0 Å². The largest absolute Gasteiger partial charge is 0.631 e. The predicted octanol–water partition coefficient (Wildman–Crippen LogP) is -1.56. The van der Waals surface area contributed by atoms with Gasteiger partial charge in [-0.05, 0) is 0 Å². The van der Waals surface area contributed by atoms with Crippen LogP contribution in [0.3, 0.4) is 0 Å². The van der Waals surface area contributed by atoms with Crippen molar-refractivity contribution < 1.29 is 24.5 Å². The van der Waals surface area contributed by atoms with E-state index in [2.05, 4.69) is 10.2 Å². The predicted molar refractivity (Wildman–Crippen MR) is 47.5 cm³/mol. The molecule has 0 aliphatic carbocycles. The summed E-state index contributed by atoms with van der Waals surface area (Å²) in [4.78, 5) is 0. The summed E-state index contributed by atoms with van der Waals surface area (Å²) in [5, 5.41) is 28.8. The Hall–Kier alpha value is -1.38. The first-order valence-electron chi connectivity index (χ1n) is 3.56. The molecule has 0 aliphatic rings. The topological polar surface area (TPSA) is 105 Å². The molecule has 0 saturated heterocycles. The van der Waals surface area contributed by atoms with Gasteiger partial charge in [0, 0.05) is 12.1 Å². The summed E-state index contributed by atoms with van der Waals surface area (Å²) < 4.78 is 9.57. The third-order valence-electron chi connectivity index (χ3n) is 1.03. The molecule has 3 N–H and O–H groups in total. The Balaban J connectivity index is 0.000000364. The molecule has 0 unspecified atom stereocenters. The second-order valence-corrected chi connectivity index (χ2v) is 1.96. The Morgan fingerprint density at radius 1 is 1.00 bits per heavy atom. The first-order chi connectivity index (χ1) is 6.60. The molecular formula is C6H11BN2O5. The monoisotopic (exact) mass is 202 g/mol. The number of hydrogen-bond donors (Lipinski definition) is 3. The van der Waals surface area contributed by atoms with Gasteiger partial charge in [-0.15, -0.1) is 10.2 Å². The maximum Gasteiger partial charge on any atom is 0.631 e. The summed E-state index contributed by atoms with van der Waals surface area (Å²) >= 11 is 0. The summed E-state index contributed by atoms with van der Waals surface area (Å²) in [6.07, 6.45) is 0. The van der Waals surface area contributed by atoms with Gasteiger partial charge < -0.3 is 24.5 Å². The highest BCUT2D eigenvalue weighted by molar-refractivity contribution is 6.30. The molecule has 7 nitrogen and oxygen atoms in total. The van der Waals surface area contributed by atoms with Crippen LogP contribution < -0.4 is 9.47 Å². The molecule has 0 saturated carbocycles. The highest BCUT2D eigenvalue weighted by Gasteiger charge is 1.93. The van der Waals surface area contributed by atoms with E-state index in [9.17, 15) is 0 Å². The molecule has 0 amide bonds. The molecule has 0 aromatic carbocycles. The van der Waals surface area contributed by atoms with E-state index in [1.807, 2.05) is 0 Å². The zero-order valence-electron chi connectivity index (χ0n) is 7.78. The average molecular weight is 202 g/mol. The molecule has 0 atom stereocenters. The fraction of sp³-hybridized carbons (Fsp3) is 0.333. The van der Waals surface area contributed by atoms with Gasteiger partial charge in [0.1, 0.15) is 0 Å². The van der Waals surface area contributed by atoms with E-state index in [-0.39, 0.29) is 0 Å². The van der Waals surface area contributed by atoms with Gasteiger partial charge in [-0.2, -0.15) is 0 Å². The van der Waals surface area contributed by atoms with Gasteiger partial charge in [-0.3, -0.25) is 0 Å². The van der Waals surface area contributed by atoms with Crippen LogP contribution in [0.25, 0.3) is 0 Å². The lowest BCUT2D eigenvalue weighted by molar-refractivity contribution is 0.278. The molecule has 0 bridgehead atoms. The molecule has 0 radical (unpaired) electrons. The van der Waals surface area contributed by atoms with Crippen molar-refractivity contribution in [3.05, 3.63) is 12.1 Å². The number of ether oxygens (including phenoxy) is 2. The van der Waals surface area contributed by atoms with Gasteiger partial charge in [0.05, 0.1) is 14.2 Å². The third-order valence-corrected chi connectivity index (χ3v) is 1.03. The fourth-order valence-corrected chi connectivity index (χ4v) is 0.526. The van der Waals surface area contributed by atoms with Crippen molar-refractivity contribution in [3.8, 4) is 11.8 Å². The van der Waals surface area contributed by atoms with Crippen LogP contribution in [0.1, 0.15) is 0 Å². The molecule has 1 heterocycles. The zero-order valence-corrected chi connectivity index (χ0v) is 7.78. The summed E-state index contributed by atoms with van der Waals surface area (Å²) in [6, 6.07) is 3.37. The van der Waals surface area contributed by atoms with E-state index in [0.29, 0.717) is 11.8 Å². The molecule has 8 heteroatoms. The van der Waals surface area contributed by atoms with E-state index < -0.39 is 7.32 Å². The maximum absolute atomic E-state index is 7.17. The lowest BCUT2D eigenvalue weighted by Gasteiger charge is -1.97. The minimum absolute atomic E-state index is 0.487.